The van der Waals surface area contributed by atoms with Crippen LogP contribution in [0.1, 0.15) is 0 Å². The summed E-state index contributed by atoms with van der Waals surface area (Å²) in [4.78, 5) is 9.37. The van der Waals surface area contributed by atoms with Crippen LogP contribution in [0.3, 0.4) is 0 Å². The van der Waals surface area contributed by atoms with Gasteiger partial charge in [-0.05, 0) is 6.07 Å². The molecular formula is C8H8F2N2O3. The second kappa shape index (κ2) is 4.65. The van der Waals surface area contributed by atoms with Gasteiger partial charge < -0.3 is 10.5 Å². The summed E-state index contributed by atoms with van der Waals surface area (Å²) in [7, 11) is 0. The lowest BCUT2D eigenvalue weighted by molar-refractivity contribution is -0.387. The van der Waals surface area contributed by atoms with Gasteiger partial charge in [0.15, 0.2) is 11.6 Å². The van der Waals surface area contributed by atoms with E-state index in [0.717, 1.165) is 12.1 Å². The summed E-state index contributed by atoms with van der Waals surface area (Å²) in [6, 6.07) is 1.51. The summed E-state index contributed by atoms with van der Waals surface area (Å²) < 4.78 is 30.9. The number of hydrogen-bond acceptors (Lipinski definition) is 4. The summed E-state index contributed by atoms with van der Waals surface area (Å²) in [6.07, 6.45) is 0. The number of nitro benzene ring substituents is 1. The van der Waals surface area contributed by atoms with Gasteiger partial charge in [0.05, 0.1) is 4.92 Å². The molecule has 0 aliphatic carbocycles. The average molecular weight is 218 g/mol. The number of nitrogens with zero attached hydrogens (tertiary/aromatic N) is 1. The molecule has 0 heterocycles. The van der Waals surface area contributed by atoms with Crippen LogP contribution in [0.5, 0.6) is 5.75 Å². The lowest BCUT2D eigenvalue weighted by atomic mass is 10.3. The highest BCUT2D eigenvalue weighted by Crippen LogP contribution is 2.28. The molecule has 0 saturated carbocycles. The molecule has 1 aromatic carbocycles. The predicted octanol–water partition coefficient (Wildman–Crippen LogP) is 1.21. The van der Waals surface area contributed by atoms with Gasteiger partial charge >= 0.3 is 5.69 Å². The fourth-order valence-electron chi connectivity index (χ4n) is 0.956. The van der Waals surface area contributed by atoms with E-state index in [1.165, 1.54) is 0 Å². The van der Waals surface area contributed by atoms with Gasteiger partial charge in [-0.1, -0.05) is 0 Å². The normalized spacial score (nSPS) is 10.1. The van der Waals surface area contributed by atoms with E-state index in [9.17, 15) is 18.9 Å². The maximum atomic E-state index is 13.3. The van der Waals surface area contributed by atoms with Crippen LogP contribution in [0.2, 0.25) is 0 Å². The van der Waals surface area contributed by atoms with Crippen LogP contribution in [0.25, 0.3) is 0 Å². The number of ether oxygens (including phenoxy) is 1. The Hall–Kier alpha value is -1.76. The fourth-order valence-corrected chi connectivity index (χ4v) is 0.956. The highest BCUT2D eigenvalue weighted by atomic mass is 19.1. The number of rotatable bonds is 4. The first-order valence-corrected chi connectivity index (χ1v) is 4.03. The SMILES string of the molecule is NCCOc1c(F)ccc([N+](=O)[O-])c1F. The van der Waals surface area contributed by atoms with Crippen LogP contribution < -0.4 is 10.5 Å². The van der Waals surface area contributed by atoms with E-state index in [4.69, 9.17) is 5.73 Å². The maximum absolute atomic E-state index is 13.3. The van der Waals surface area contributed by atoms with E-state index >= 15 is 0 Å². The predicted molar refractivity (Wildman–Crippen MR) is 47.6 cm³/mol. The summed E-state index contributed by atoms with van der Waals surface area (Å²) in [6.45, 7) is -0.0589. The van der Waals surface area contributed by atoms with Crippen LogP contribution in [0.4, 0.5) is 14.5 Å². The molecule has 0 saturated heterocycles. The van der Waals surface area contributed by atoms with Gasteiger partial charge in [0, 0.05) is 12.6 Å². The molecule has 0 fully saturated rings. The molecule has 5 nitrogen and oxygen atoms in total. The van der Waals surface area contributed by atoms with Crippen molar-refractivity contribution in [3.63, 3.8) is 0 Å². The van der Waals surface area contributed by atoms with Gasteiger partial charge in [-0.3, -0.25) is 10.1 Å². The first kappa shape index (κ1) is 11.3. The molecule has 7 heteroatoms. The minimum atomic E-state index is -1.33. The molecule has 0 aliphatic heterocycles. The molecule has 1 rings (SSSR count). The Morgan fingerprint density at radius 2 is 2.13 bits per heavy atom. The third-order valence-corrected chi connectivity index (χ3v) is 1.59. The van der Waals surface area contributed by atoms with Crippen LogP contribution in [-0.4, -0.2) is 18.1 Å². The van der Waals surface area contributed by atoms with Crippen molar-refractivity contribution in [1.29, 1.82) is 0 Å². The van der Waals surface area contributed by atoms with Crippen molar-refractivity contribution in [2.24, 2.45) is 5.73 Å². The quantitative estimate of drug-likeness (QED) is 0.608. The zero-order valence-electron chi connectivity index (χ0n) is 7.57. The van der Waals surface area contributed by atoms with Crippen LogP contribution in [0.15, 0.2) is 12.1 Å². The van der Waals surface area contributed by atoms with E-state index in [0.29, 0.717) is 0 Å². The van der Waals surface area contributed by atoms with E-state index in [2.05, 4.69) is 4.74 Å². The third kappa shape index (κ3) is 2.38. The smallest absolute Gasteiger partial charge is 0.308 e. The molecule has 0 aromatic heterocycles. The van der Waals surface area contributed by atoms with Gasteiger partial charge in [-0.2, -0.15) is 4.39 Å². The highest BCUT2D eigenvalue weighted by molar-refractivity contribution is 5.41. The molecular weight excluding hydrogens is 210 g/mol. The molecule has 0 amide bonds. The van der Waals surface area contributed by atoms with Crippen molar-refractivity contribution < 1.29 is 18.4 Å². The Labute approximate surface area is 83.6 Å². The van der Waals surface area contributed by atoms with Crippen LogP contribution >= 0.6 is 0 Å². The Kier molecular flexibility index (Phi) is 3.51. The molecule has 0 radical (unpaired) electrons. The second-order valence-electron chi connectivity index (χ2n) is 2.60. The molecule has 82 valence electrons. The van der Waals surface area contributed by atoms with Gasteiger partial charge in [-0.25, -0.2) is 4.39 Å². The van der Waals surface area contributed by atoms with Crippen molar-refractivity contribution in [2.45, 2.75) is 0 Å². The van der Waals surface area contributed by atoms with E-state index in [-0.39, 0.29) is 13.2 Å². The monoisotopic (exact) mass is 218 g/mol. The lowest BCUT2D eigenvalue weighted by Crippen LogP contribution is -2.12. The summed E-state index contributed by atoms with van der Waals surface area (Å²) in [5.74, 6) is -3.09. The van der Waals surface area contributed by atoms with E-state index < -0.39 is 28.0 Å². The summed E-state index contributed by atoms with van der Waals surface area (Å²) in [5, 5.41) is 10.3. The molecule has 0 spiro atoms. The minimum absolute atomic E-state index is 0.0571. The minimum Gasteiger partial charge on any atom is -0.486 e. The average Bonchev–Trinajstić information content (AvgIpc) is 2.17. The van der Waals surface area contributed by atoms with Gasteiger partial charge in [0.1, 0.15) is 6.61 Å². The number of nitro groups is 1. The van der Waals surface area contributed by atoms with Gasteiger partial charge in [0.2, 0.25) is 5.82 Å². The third-order valence-electron chi connectivity index (χ3n) is 1.59. The number of nitrogens with two attached hydrogens (primary N) is 1. The molecule has 0 bridgehead atoms. The van der Waals surface area contributed by atoms with Gasteiger partial charge in [-0.15, -0.1) is 0 Å². The molecule has 2 N–H and O–H groups in total. The number of halogens is 2. The standard InChI is InChI=1S/C8H8F2N2O3/c9-5-1-2-6(12(13)14)7(10)8(5)15-4-3-11/h1-2H,3-4,11H2. The Morgan fingerprint density at radius 1 is 1.47 bits per heavy atom. The first-order chi connectivity index (χ1) is 7.07. The fraction of sp³-hybridized carbons (Fsp3) is 0.250. The maximum Gasteiger partial charge on any atom is 0.308 e. The van der Waals surface area contributed by atoms with Crippen molar-refractivity contribution in [2.75, 3.05) is 13.2 Å². The molecule has 0 unspecified atom stereocenters. The van der Waals surface area contributed by atoms with Crippen LogP contribution in [0, 0.1) is 21.7 Å². The molecule has 0 aliphatic rings. The van der Waals surface area contributed by atoms with Crippen molar-refractivity contribution >= 4 is 5.69 Å². The van der Waals surface area contributed by atoms with Gasteiger partial charge in [0.25, 0.3) is 0 Å². The van der Waals surface area contributed by atoms with E-state index in [1.54, 1.807) is 0 Å². The topological polar surface area (TPSA) is 78.4 Å². The van der Waals surface area contributed by atoms with Crippen LogP contribution in [-0.2, 0) is 0 Å². The Bertz CT molecular complexity index is 384. The zero-order valence-corrected chi connectivity index (χ0v) is 7.57. The van der Waals surface area contributed by atoms with Crippen molar-refractivity contribution in [3.05, 3.63) is 33.9 Å². The second-order valence-corrected chi connectivity index (χ2v) is 2.60. The largest absolute Gasteiger partial charge is 0.486 e. The molecule has 0 atom stereocenters. The van der Waals surface area contributed by atoms with E-state index in [1.807, 2.05) is 0 Å². The summed E-state index contributed by atoms with van der Waals surface area (Å²) in [5.41, 5.74) is 4.24. The molecule has 1 aromatic rings. The number of hydrogen-bond donors (Lipinski definition) is 1. The zero-order chi connectivity index (χ0) is 11.4. The Balaban J connectivity index is 3.12. The lowest BCUT2D eigenvalue weighted by Gasteiger charge is -2.06. The van der Waals surface area contributed by atoms with Crippen molar-refractivity contribution in [1.82, 2.24) is 0 Å². The summed E-state index contributed by atoms with van der Waals surface area (Å²) >= 11 is 0. The number of benzene rings is 1. The van der Waals surface area contributed by atoms with Crippen molar-refractivity contribution in [3.8, 4) is 5.75 Å². The first-order valence-electron chi connectivity index (χ1n) is 4.03. The Morgan fingerprint density at radius 3 is 2.67 bits per heavy atom. The highest BCUT2D eigenvalue weighted by Gasteiger charge is 2.22. The molecule has 15 heavy (non-hydrogen) atoms.